The summed E-state index contributed by atoms with van der Waals surface area (Å²) in [4.78, 5) is 4.34. The van der Waals surface area contributed by atoms with E-state index in [1.54, 1.807) is 23.0 Å². The Bertz CT molecular complexity index is 662. The number of pyridine rings is 1. The van der Waals surface area contributed by atoms with Crippen molar-refractivity contribution in [3.63, 3.8) is 0 Å². The summed E-state index contributed by atoms with van der Waals surface area (Å²) >= 11 is 5.89. The van der Waals surface area contributed by atoms with Crippen LogP contribution < -0.4 is 5.32 Å². The first-order chi connectivity index (χ1) is 8.72. The Labute approximate surface area is 108 Å². The summed E-state index contributed by atoms with van der Waals surface area (Å²) in [7, 11) is 0. The molecule has 1 atom stereocenters. The lowest BCUT2D eigenvalue weighted by molar-refractivity contribution is 0.489. The average Bonchev–Trinajstić information content (AvgIpc) is 2.95. The minimum absolute atomic E-state index is 0.00730. The van der Waals surface area contributed by atoms with Crippen molar-refractivity contribution in [2.75, 3.05) is 5.32 Å². The van der Waals surface area contributed by atoms with Crippen molar-refractivity contribution in [3.8, 4) is 0 Å². The molecule has 5 nitrogen and oxygen atoms in total. The molecule has 3 aromatic heterocycles. The summed E-state index contributed by atoms with van der Waals surface area (Å²) in [6, 6.07) is 7.37. The van der Waals surface area contributed by atoms with Crippen molar-refractivity contribution < 1.29 is 4.42 Å². The number of nitrogens with one attached hydrogen (secondary N) is 1. The number of nitrogens with zero attached hydrogens (tertiary/aromatic N) is 3. The van der Waals surface area contributed by atoms with Crippen LogP contribution in [0.4, 0.5) is 5.95 Å². The second-order valence-electron chi connectivity index (χ2n) is 3.97. The molecule has 92 valence electrons. The van der Waals surface area contributed by atoms with Gasteiger partial charge in [0.25, 0.3) is 0 Å². The summed E-state index contributed by atoms with van der Waals surface area (Å²) in [6.07, 6.45) is 3.36. The van der Waals surface area contributed by atoms with E-state index >= 15 is 0 Å². The molecule has 0 aromatic carbocycles. The Morgan fingerprint density at radius 3 is 3.06 bits per heavy atom. The summed E-state index contributed by atoms with van der Waals surface area (Å²) in [5.41, 5.74) is 0.744. The number of furan rings is 1. The maximum absolute atomic E-state index is 5.89. The van der Waals surface area contributed by atoms with Gasteiger partial charge in [-0.2, -0.15) is 4.98 Å². The van der Waals surface area contributed by atoms with Crippen LogP contribution in [0, 0.1) is 0 Å². The van der Waals surface area contributed by atoms with Crippen LogP contribution in [-0.4, -0.2) is 14.6 Å². The molecule has 1 N–H and O–H groups in total. The third-order valence-electron chi connectivity index (χ3n) is 2.61. The maximum Gasteiger partial charge on any atom is 0.243 e. The predicted molar refractivity (Wildman–Crippen MR) is 68.7 cm³/mol. The molecular weight excluding hydrogens is 252 g/mol. The molecule has 1 unspecified atom stereocenters. The van der Waals surface area contributed by atoms with Gasteiger partial charge in [0.2, 0.25) is 5.95 Å². The zero-order chi connectivity index (χ0) is 12.5. The molecule has 0 amide bonds. The quantitative estimate of drug-likeness (QED) is 0.788. The maximum atomic E-state index is 5.89. The Morgan fingerprint density at radius 1 is 1.39 bits per heavy atom. The zero-order valence-corrected chi connectivity index (χ0v) is 10.4. The van der Waals surface area contributed by atoms with Crippen molar-refractivity contribution in [1.29, 1.82) is 0 Å². The number of halogens is 1. The van der Waals surface area contributed by atoms with E-state index in [1.807, 2.05) is 25.1 Å². The second-order valence-corrected chi connectivity index (χ2v) is 4.40. The Morgan fingerprint density at radius 2 is 2.28 bits per heavy atom. The Hall–Kier alpha value is -2.01. The third-order valence-corrected chi connectivity index (χ3v) is 2.83. The van der Waals surface area contributed by atoms with Gasteiger partial charge in [0.15, 0.2) is 5.65 Å². The van der Waals surface area contributed by atoms with Crippen LogP contribution in [0.25, 0.3) is 5.65 Å². The monoisotopic (exact) mass is 262 g/mol. The minimum Gasteiger partial charge on any atom is -0.467 e. The molecule has 0 saturated carbocycles. The summed E-state index contributed by atoms with van der Waals surface area (Å²) in [5.74, 6) is 1.38. The van der Waals surface area contributed by atoms with E-state index in [1.165, 1.54) is 0 Å². The van der Waals surface area contributed by atoms with Crippen LogP contribution in [0.1, 0.15) is 18.7 Å². The van der Waals surface area contributed by atoms with Crippen LogP contribution >= 0.6 is 11.6 Å². The van der Waals surface area contributed by atoms with E-state index in [2.05, 4.69) is 15.4 Å². The van der Waals surface area contributed by atoms with Crippen molar-refractivity contribution in [3.05, 3.63) is 47.5 Å². The summed E-state index contributed by atoms with van der Waals surface area (Å²) in [5, 5.41) is 8.09. The molecule has 0 aliphatic heterocycles. The standard InChI is InChI=1S/C12H11ClN4O/c1-8(10-3-2-6-18-10)14-12-15-11-5-4-9(13)7-17(11)16-12/h2-8H,1H3,(H,14,16). The van der Waals surface area contributed by atoms with E-state index in [0.29, 0.717) is 11.0 Å². The molecule has 0 aliphatic carbocycles. The van der Waals surface area contributed by atoms with Gasteiger partial charge in [0, 0.05) is 6.20 Å². The van der Waals surface area contributed by atoms with Gasteiger partial charge in [-0.05, 0) is 31.2 Å². The summed E-state index contributed by atoms with van der Waals surface area (Å²) in [6.45, 7) is 1.98. The summed E-state index contributed by atoms with van der Waals surface area (Å²) < 4.78 is 6.95. The molecule has 0 radical (unpaired) electrons. The first-order valence-corrected chi connectivity index (χ1v) is 5.92. The number of fused-ring (bicyclic) bond motifs is 1. The predicted octanol–water partition coefficient (Wildman–Crippen LogP) is 3.15. The van der Waals surface area contributed by atoms with Gasteiger partial charge < -0.3 is 9.73 Å². The van der Waals surface area contributed by atoms with Crippen LogP contribution in [0.5, 0.6) is 0 Å². The fourth-order valence-electron chi connectivity index (χ4n) is 1.72. The van der Waals surface area contributed by atoms with Crippen molar-refractivity contribution in [2.24, 2.45) is 0 Å². The Kier molecular flexibility index (Phi) is 2.68. The highest BCUT2D eigenvalue weighted by atomic mass is 35.5. The smallest absolute Gasteiger partial charge is 0.243 e. The van der Waals surface area contributed by atoms with Crippen molar-refractivity contribution >= 4 is 23.2 Å². The van der Waals surface area contributed by atoms with Crippen LogP contribution in [0.15, 0.2) is 41.1 Å². The van der Waals surface area contributed by atoms with Gasteiger partial charge in [-0.25, -0.2) is 4.52 Å². The van der Waals surface area contributed by atoms with Crippen molar-refractivity contribution in [1.82, 2.24) is 14.6 Å². The van der Waals surface area contributed by atoms with Crippen LogP contribution in [0.3, 0.4) is 0 Å². The fraction of sp³-hybridized carbons (Fsp3) is 0.167. The third kappa shape index (κ3) is 2.04. The van der Waals surface area contributed by atoms with Gasteiger partial charge in [0.1, 0.15) is 5.76 Å². The SMILES string of the molecule is CC(Nc1nc2ccc(Cl)cn2n1)c1ccco1. The first kappa shape index (κ1) is 11.1. The lowest BCUT2D eigenvalue weighted by Crippen LogP contribution is -2.06. The highest BCUT2D eigenvalue weighted by Crippen LogP contribution is 2.18. The number of hydrogen-bond donors (Lipinski definition) is 1. The van der Waals surface area contributed by atoms with Gasteiger partial charge in [0.05, 0.1) is 17.3 Å². The molecular formula is C12H11ClN4O. The highest BCUT2D eigenvalue weighted by molar-refractivity contribution is 6.30. The fourth-order valence-corrected chi connectivity index (χ4v) is 1.88. The molecule has 0 spiro atoms. The number of hydrogen-bond acceptors (Lipinski definition) is 4. The molecule has 0 bridgehead atoms. The average molecular weight is 263 g/mol. The van der Waals surface area contributed by atoms with Crippen molar-refractivity contribution in [2.45, 2.75) is 13.0 Å². The molecule has 0 fully saturated rings. The van der Waals surface area contributed by atoms with E-state index in [9.17, 15) is 0 Å². The molecule has 6 heteroatoms. The Balaban J connectivity index is 1.86. The molecule has 0 aliphatic rings. The largest absolute Gasteiger partial charge is 0.467 e. The normalized spacial score (nSPS) is 12.8. The second kappa shape index (κ2) is 4.34. The van der Waals surface area contributed by atoms with Gasteiger partial charge >= 0.3 is 0 Å². The molecule has 3 heterocycles. The first-order valence-electron chi connectivity index (χ1n) is 5.54. The molecule has 18 heavy (non-hydrogen) atoms. The molecule has 0 saturated heterocycles. The van der Waals surface area contributed by atoms with E-state index in [-0.39, 0.29) is 6.04 Å². The number of aromatic nitrogens is 3. The van der Waals surface area contributed by atoms with E-state index in [0.717, 1.165) is 11.4 Å². The number of rotatable bonds is 3. The van der Waals surface area contributed by atoms with Gasteiger partial charge in [-0.15, -0.1) is 5.10 Å². The van der Waals surface area contributed by atoms with Gasteiger partial charge in [-0.1, -0.05) is 11.6 Å². The van der Waals surface area contributed by atoms with E-state index < -0.39 is 0 Å². The molecule has 3 rings (SSSR count). The van der Waals surface area contributed by atoms with E-state index in [4.69, 9.17) is 16.0 Å². The molecule has 3 aromatic rings. The lowest BCUT2D eigenvalue weighted by atomic mass is 10.2. The van der Waals surface area contributed by atoms with Gasteiger partial charge in [-0.3, -0.25) is 0 Å². The number of anilines is 1. The lowest BCUT2D eigenvalue weighted by Gasteiger charge is -2.08. The van der Waals surface area contributed by atoms with Crippen LogP contribution in [-0.2, 0) is 0 Å². The topological polar surface area (TPSA) is 55.4 Å². The minimum atomic E-state index is 0.00730. The van der Waals surface area contributed by atoms with Crippen LogP contribution in [0.2, 0.25) is 5.02 Å². The highest BCUT2D eigenvalue weighted by Gasteiger charge is 2.11. The zero-order valence-electron chi connectivity index (χ0n) is 9.67.